The maximum atomic E-state index is 3.51. The van der Waals surface area contributed by atoms with Crippen LogP contribution in [0.4, 0.5) is 0 Å². The molecule has 0 rings (SSSR count). The van der Waals surface area contributed by atoms with E-state index in [9.17, 15) is 0 Å². The lowest BCUT2D eigenvalue weighted by molar-refractivity contribution is 0.557. The van der Waals surface area contributed by atoms with Gasteiger partial charge in [0.2, 0.25) is 0 Å². The molecule has 0 bridgehead atoms. The molecule has 0 aromatic heterocycles. The molecule has 153 valence electrons. The largest absolute Gasteiger partial charge is 0.0888 e. The Hall–Kier alpha value is -0.520. The number of unbranched alkanes of at least 4 members (excludes halogenated alkanes) is 17. The first-order chi connectivity index (χ1) is 12.9. The first-order valence-electron chi connectivity index (χ1n) is 12.1. The van der Waals surface area contributed by atoms with E-state index in [1.807, 2.05) is 0 Å². The van der Waals surface area contributed by atoms with Crippen LogP contribution in [-0.4, -0.2) is 0 Å². The van der Waals surface area contributed by atoms with Crippen molar-refractivity contribution in [3.05, 3.63) is 24.3 Å². The van der Waals surface area contributed by atoms with Crippen LogP contribution in [0.2, 0.25) is 0 Å². The van der Waals surface area contributed by atoms with Gasteiger partial charge in [0, 0.05) is 0 Å². The van der Waals surface area contributed by atoms with Crippen molar-refractivity contribution in [2.75, 3.05) is 0 Å². The zero-order valence-electron chi connectivity index (χ0n) is 18.4. The van der Waals surface area contributed by atoms with Crippen LogP contribution in [-0.2, 0) is 0 Å². The minimum Gasteiger partial charge on any atom is -0.0888 e. The average Bonchev–Trinajstić information content (AvgIpc) is 2.66. The molecule has 0 aliphatic heterocycles. The van der Waals surface area contributed by atoms with Gasteiger partial charge in [0.15, 0.2) is 0 Å². The van der Waals surface area contributed by atoms with Crippen molar-refractivity contribution < 1.29 is 0 Å². The third kappa shape index (κ3) is 23.5. The molecule has 0 aromatic carbocycles. The van der Waals surface area contributed by atoms with E-state index >= 15 is 0 Å². The van der Waals surface area contributed by atoms with E-state index in [0.717, 1.165) is 0 Å². The summed E-state index contributed by atoms with van der Waals surface area (Å²) >= 11 is 0. The molecule has 0 atom stereocenters. The van der Waals surface area contributed by atoms with E-state index in [2.05, 4.69) is 38.2 Å². The van der Waals surface area contributed by atoms with E-state index in [-0.39, 0.29) is 0 Å². The third-order valence-electron chi connectivity index (χ3n) is 5.19. The second kappa shape index (κ2) is 24.5. The molecule has 0 aliphatic rings. The summed E-state index contributed by atoms with van der Waals surface area (Å²) in [5.41, 5.74) is 0. The lowest BCUT2D eigenvalue weighted by Crippen LogP contribution is -1.81. The SMILES string of the molecule is CCC=CCCCCCCCC/[C]=C/CCCCCCCCCCCC. The molecule has 0 fully saturated rings. The van der Waals surface area contributed by atoms with Crippen LogP contribution in [0, 0.1) is 6.08 Å². The van der Waals surface area contributed by atoms with Gasteiger partial charge in [-0.3, -0.25) is 0 Å². The summed E-state index contributed by atoms with van der Waals surface area (Å²) in [5, 5.41) is 0. The van der Waals surface area contributed by atoms with Gasteiger partial charge in [-0.05, 0) is 51.0 Å². The van der Waals surface area contributed by atoms with Crippen molar-refractivity contribution in [3.63, 3.8) is 0 Å². The summed E-state index contributed by atoms with van der Waals surface area (Å²) in [6, 6.07) is 0. The van der Waals surface area contributed by atoms with Crippen molar-refractivity contribution in [1.82, 2.24) is 0 Å². The van der Waals surface area contributed by atoms with Crippen molar-refractivity contribution >= 4 is 0 Å². The average molecular weight is 362 g/mol. The molecular formula is C26H49. The Morgan fingerprint density at radius 2 is 1.00 bits per heavy atom. The molecule has 0 heterocycles. The highest BCUT2D eigenvalue weighted by Crippen LogP contribution is 2.12. The molecule has 0 nitrogen and oxygen atoms in total. The van der Waals surface area contributed by atoms with E-state index in [0.29, 0.717) is 0 Å². The van der Waals surface area contributed by atoms with E-state index < -0.39 is 0 Å². The van der Waals surface area contributed by atoms with Gasteiger partial charge in [-0.2, -0.15) is 0 Å². The van der Waals surface area contributed by atoms with Gasteiger partial charge in [0.25, 0.3) is 0 Å². The molecular weight excluding hydrogens is 312 g/mol. The van der Waals surface area contributed by atoms with Crippen molar-refractivity contribution in [1.29, 1.82) is 0 Å². The second-order valence-corrected chi connectivity index (χ2v) is 7.92. The Balaban J connectivity index is 3.07. The van der Waals surface area contributed by atoms with Crippen LogP contribution < -0.4 is 0 Å². The summed E-state index contributed by atoms with van der Waals surface area (Å²) in [4.78, 5) is 0. The normalized spacial score (nSPS) is 11.9. The second-order valence-electron chi connectivity index (χ2n) is 7.92. The van der Waals surface area contributed by atoms with Gasteiger partial charge in [-0.1, -0.05) is 116 Å². The number of rotatable bonds is 21. The Labute approximate surface area is 166 Å². The van der Waals surface area contributed by atoms with Crippen LogP contribution in [0.1, 0.15) is 142 Å². The molecule has 0 amide bonds. The fourth-order valence-corrected chi connectivity index (χ4v) is 3.42. The smallest absolute Gasteiger partial charge is 0.0279 e. The quantitative estimate of drug-likeness (QED) is 0.141. The zero-order valence-corrected chi connectivity index (χ0v) is 18.4. The lowest BCUT2D eigenvalue weighted by Gasteiger charge is -2.01. The first-order valence-corrected chi connectivity index (χ1v) is 12.1. The molecule has 0 aromatic rings. The maximum Gasteiger partial charge on any atom is -0.0279 e. The Bertz CT molecular complexity index is 286. The van der Waals surface area contributed by atoms with Crippen molar-refractivity contribution in [2.24, 2.45) is 0 Å². The summed E-state index contributed by atoms with van der Waals surface area (Å²) in [5.74, 6) is 0. The fourth-order valence-electron chi connectivity index (χ4n) is 3.42. The molecule has 1 radical (unpaired) electrons. The van der Waals surface area contributed by atoms with E-state index in [1.165, 1.54) is 128 Å². The van der Waals surface area contributed by atoms with Crippen LogP contribution in [0.15, 0.2) is 18.2 Å². The predicted octanol–water partition coefficient (Wildman–Crippen LogP) is 9.74. The third-order valence-corrected chi connectivity index (χ3v) is 5.19. The predicted molar refractivity (Wildman–Crippen MR) is 121 cm³/mol. The molecule has 0 saturated carbocycles. The van der Waals surface area contributed by atoms with Gasteiger partial charge in [-0.25, -0.2) is 0 Å². The molecule has 0 N–H and O–H groups in total. The van der Waals surface area contributed by atoms with Crippen LogP contribution in [0.3, 0.4) is 0 Å². The maximum absolute atomic E-state index is 3.51. The van der Waals surface area contributed by atoms with Gasteiger partial charge in [-0.15, -0.1) is 0 Å². The molecule has 0 heteroatoms. The van der Waals surface area contributed by atoms with Crippen LogP contribution in [0.5, 0.6) is 0 Å². The monoisotopic (exact) mass is 361 g/mol. The summed E-state index contributed by atoms with van der Waals surface area (Å²) < 4.78 is 0. The van der Waals surface area contributed by atoms with E-state index in [1.54, 1.807) is 0 Å². The van der Waals surface area contributed by atoms with Crippen molar-refractivity contribution in [3.8, 4) is 0 Å². The van der Waals surface area contributed by atoms with Gasteiger partial charge in [0.05, 0.1) is 0 Å². The number of hydrogen-bond donors (Lipinski definition) is 0. The topological polar surface area (TPSA) is 0 Å². The molecule has 0 saturated heterocycles. The zero-order chi connectivity index (χ0) is 19.0. The Morgan fingerprint density at radius 1 is 0.500 bits per heavy atom. The summed E-state index contributed by atoms with van der Waals surface area (Å²) in [6.45, 7) is 4.50. The highest BCUT2D eigenvalue weighted by molar-refractivity contribution is 4.79. The highest BCUT2D eigenvalue weighted by atomic mass is 14.0. The molecule has 0 aliphatic carbocycles. The van der Waals surface area contributed by atoms with Gasteiger partial charge < -0.3 is 0 Å². The standard InChI is InChI=1S/C26H49/c1-3-5-7-9-11-13-15-17-19-21-23-25-26-24-22-20-18-16-14-12-10-8-6-4-2/h5,7,26H,3-4,6,8-24H2,1-2H3. The highest BCUT2D eigenvalue weighted by Gasteiger charge is 1.92. The Kier molecular flexibility index (Phi) is 24.0. The van der Waals surface area contributed by atoms with Crippen molar-refractivity contribution in [2.45, 2.75) is 142 Å². The van der Waals surface area contributed by atoms with Crippen LogP contribution >= 0.6 is 0 Å². The Morgan fingerprint density at radius 3 is 1.58 bits per heavy atom. The minimum absolute atomic E-state index is 1.18. The lowest BCUT2D eigenvalue weighted by atomic mass is 10.1. The number of allylic oxidation sites excluding steroid dienone is 4. The van der Waals surface area contributed by atoms with Crippen LogP contribution in [0.25, 0.3) is 0 Å². The van der Waals surface area contributed by atoms with Gasteiger partial charge in [0.1, 0.15) is 0 Å². The molecule has 26 heavy (non-hydrogen) atoms. The van der Waals surface area contributed by atoms with Gasteiger partial charge >= 0.3 is 0 Å². The van der Waals surface area contributed by atoms with E-state index in [4.69, 9.17) is 0 Å². The summed E-state index contributed by atoms with van der Waals surface area (Å²) in [6.07, 6.45) is 38.0. The summed E-state index contributed by atoms with van der Waals surface area (Å²) in [7, 11) is 0. The fraction of sp³-hybridized carbons (Fsp3) is 0.846. The number of hydrogen-bond acceptors (Lipinski definition) is 0. The molecule has 0 spiro atoms. The molecule has 0 unspecified atom stereocenters. The minimum atomic E-state index is 1.18. The first kappa shape index (κ1) is 25.5.